The van der Waals surface area contributed by atoms with Crippen molar-refractivity contribution in [2.45, 2.75) is 33.2 Å². The lowest BCUT2D eigenvalue weighted by molar-refractivity contribution is 0.410. The maximum absolute atomic E-state index is 6.13. The van der Waals surface area contributed by atoms with Gasteiger partial charge in [-0.05, 0) is 30.7 Å². The van der Waals surface area contributed by atoms with E-state index in [1.807, 2.05) is 7.05 Å². The third-order valence-electron chi connectivity index (χ3n) is 4.57. The zero-order valence-corrected chi connectivity index (χ0v) is 13.3. The Bertz CT molecular complexity index is 538. The highest BCUT2D eigenvalue weighted by Crippen LogP contribution is 2.47. The summed E-state index contributed by atoms with van der Waals surface area (Å²) in [6.45, 7) is 8.66. The van der Waals surface area contributed by atoms with Crippen molar-refractivity contribution in [1.82, 2.24) is 15.3 Å². The number of nitrogens with one attached hydrogen (secondary N) is 1. The number of piperidine rings is 1. The molecule has 2 atom stereocenters. The Labute approximate surface area is 126 Å². The number of rotatable bonds is 3. The lowest BCUT2D eigenvalue weighted by atomic mass is 9.88. The highest BCUT2D eigenvalue weighted by Gasteiger charge is 2.55. The Balaban J connectivity index is 1.88. The fourth-order valence-corrected chi connectivity index (χ4v) is 3.60. The van der Waals surface area contributed by atoms with E-state index in [0.717, 1.165) is 42.7 Å². The third kappa shape index (κ3) is 2.64. The van der Waals surface area contributed by atoms with Crippen LogP contribution in [0.5, 0.6) is 0 Å². The molecule has 1 aliphatic heterocycles. The summed E-state index contributed by atoms with van der Waals surface area (Å²) in [6.07, 6.45) is 0.857. The molecule has 0 aromatic carbocycles. The highest BCUT2D eigenvalue weighted by molar-refractivity contribution is 5.61. The number of fused-ring (bicyclic) bond motifs is 1. The zero-order chi connectivity index (χ0) is 15.4. The van der Waals surface area contributed by atoms with E-state index in [1.54, 1.807) is 0 Å². The molecular weight excluding hydrogens is 264 g/mol. The molecule has 1 aromatic rings. The molecule has 2 aliphatic rings. The van der Waals surface area contributed by atoms with E-state index in [2.05, 4.69) is 41.0 Å². The lowest BCUT2D eigenvalue weighted by Gasteiger charge is -2.27. The molecule has 1 aromatic heterocycles. The van der Waals surface area contributed by atoms with Crippen LogP contribution >= 0.6 is 0 Å². The van der Waals surface area contributed by atoms with E-state index < -0.39 is 0 Å². The minimum absolute atomic E-state index is 0.137. The summed E-state index contributed by atoms with van der Waals surface area (Å²) >= 11 is 0. The monoisotopic (exact) mass is 290 g/mol. The Morgan fingerprint density at radius 2 is 1.81 bits per heavy atom. The van der Waals surface area contributed by atoms with Crippen molar-refractivity contribution in [1.29, 1.82) is 0 Å². The number of nitrogens with two attached hydrogens (primary N) is 2. The number of nitrogens with zero attached hydrogens (tertiary/aromatic N) is 3. The first-order valence-electron chi connectivity index (χ1n) is 7.64. The molecule has 0 amide bonds. The van der Waals surface area contributed by atoms with E-state index in [4.69, 9.17) is 11.5 Å². The van der Waals surface area contributed by atoms with E-state index >= 15 is 0 Å². The molecule has 116 valence electrons. The van der Waals surface area contributed by atoms with Crippen LogP contribution in [-0.2, 0) is 6.42 Å². The molecule has 0 radical (unpaired) electrons. The molecule has 2 heterocycles. The summed E-state index contributed by atoms with van der Waals surface area (Å²) in [5, 5.41) is 3.38. The molecule has 3 rings (SSSR count). The van der Waals surface area contributed by atoms with Crippen LogP contribution in [-0.4, -0.2) is 36.1 Å². The number of anilines is 3. The quantitative estimate of drug-likeness (QED) is 0.765. The molecule has 21 heavy (non-hydrogen) atoms. The SMILES string of the molecule is CNC1C2CN(c3nc(N)nc(N)c3CC(C)(C)C)CC21. The van der Waals surface area contributed by atoms with Gasteiger partial charge in [-0.25, -0.2) is 0 Å². The van der Waals surface area contributed by atoms with Crippen molar-refractivity contribution in [3.63, 3.8) is 0 Å². The topological polar surface area (TPSA) is 93.1 Å². The van der Waals surface area contributed by atoms with Gasteiger partial charge in [0.15, 0.2) is 0 Å². The fraction of sp³-hybridized carbons (Fsp3) is 0.733. The van der Waals surface area contributed by atoms with Crippen LogP contribution < -0.4 is 21.7 Å². The van der Waals surface area contributed by atoms with Gasteiger partial charge in [-0.15, -0.1) is 0 Å². The third-order valence-corrected chi connectivity index (χ3v) is 4.57. The van der Waals surface area contributed by atoms with Gasteiger partial charge in [-0.1, -0.05) is 20.8 Å². The van der Waals surface area contributed by atoms with E-state index in [0.29, 0.717) is 11.9 Å². The van der Waals surface area contributed by atoms with E-state index in [1.165, 1.54) is 0 Å². The Kier molecular flexibility index (Phi) is 3.24. The molecule has 1 saturated carbocycles. The van der Waals surface area contributed by atoms with Gasteiger partial charge in [-0.2, -0.15) is 9.97 Å². The maximum Gasteiger partial charge on any atom is 0.223 e. The standard InChI is InChI=1S/C15H26N6/c1-15(2,3)5-8-12(16)19-14(17)20-13(8)21-6-9-10(7-21)11(9)18-4/h9-11,18H,5-7H2,1-4H3,(H4,16,17,19,20). The van der Waals surface area contributed by atoms with Crippen LogP contribution in [0, 0.1) is 17.3 Å². The average molecular weight is 290 g/mol. The maximum atomic E-state index is 6.13. The first-order chi connectivity index (χ1) is 9.80. The number of hydrogen-bond donors (Lipinski definition) is 3. The van der Waals surface area contributed by atoms with Gasteiger partial charge in [0.2, 0.25) is 5.95 Å². The zero-order valence-electron chi connectivity index (χ0n) is 13.3. The summed E-state index contributed by atoms with van der Waals surface area (Å²) in [5.74, 6) is 3.20. The second-order valence-electron chi connectivity index (χ2n) is 7.55. The predicted octanol–water partition coefficient (Wildman–Crippen LogP) is 0.884. The fourth-order valence-electron chi connectivity index (χ4n) is 3.60. The van der Waals surface area contributed by atoms with Crippen molar-refractivity contribution >= 4 is 17.6 Å². The molecular formula is C15H26N6. The smallest absolute Gasteiger partial charge is 0.223 e. The summed E-state index contributed by atoms with van der Waals surface area (Å²) < 4.78 is 0. The van der Waals surface area contributed by atoms with Crippen molar-refractivity contribution in [3.8, 4) is 0 Å². The molecule has 1 aliphatic carbocycles. The number of nitrogen functional groups attached to an aromatic ring is 2. The molecule has 2 unspecified atom stereocenters. The summed E-state index contributed by atoms with van der Waals surface area (Å²) in [7, 11) is 2.04. The second kappa shape index (κ2) is 4.73. The van der Waals surface area contributed by atoms with E-state index in [9.17, 15) is 0 Å². The largest absolute Gasteiger partial charge is 0.383 e. The second-order valence-corrected chi connectivity index (χ2v) is 7.55. The number of aromatic nitrogens is 2. The summed E-state index contributed by atoms with van der Waals surface area (Å²) in [5.41, 5.74) is 13.1. The van der Waals surface area contributed by atoms with Gasteiger partial charge in [0.25, 0.3) is 0 Å². The highest BCUT2D eigenvalue weighted by atomic mass is 15.3. The van der Waals surface area contributed by atoms with Crippen molar-refractivity contribution in [2.75, 3.05) is 36.5 Å². The van der Waals surface area contributed by atoms with Crippen molar-refractivity contribution in [2.24, 2.45) is 17.3 Å². The Morgan fingerprint density at radius 3 is 2.33 bits per heavy atom. The van der Waals surface area contributed by atoms with E-state index in [-0.39, 0.29) is 11.4 Å². The van der Waals surface area contributed by atoms with Gasteiger partial charge >= 0.3 is 0 Å². The van der Waals surface area contributed by atoms with Crippen LogP contribution in [0.3, 0.4) is 0 Å². The number of hydrogen-bond acceptors (Lipinski definition) is 6. The molecule has 5 N–H and O–H groups in total. The molecule has 1 saturated heterocycles. The van der Waals surface area contributed by atoms with Gasteiger partial charge in [-0.3, -0.25) is 0 Å². The van der Waals surface area contributed by atoms with Gasteiger partial charge in [0.1, 0.15) is 11.6 Å². The Morgan fingerprint density at radius 1 is 1.19 bits per heavy atom. The Hall–Kier alpha value is -1.56. The molecule has 0 spiro atoms. The van der Waals surface area contributed by atoms with Gasteiger partial charge < -0.3 is 21.7 Å². The van der Waals surface area contributed by atoms with Crippen LogP contribution in [0.2, 0.25) is 0 Å². The molecule has 0 bridgehead atoms. The first kappa shape index (κ1) is 14.4. The predicted molar refractivity (Wildman–Crippen MR) is 86.1 cm³/mol. The van der Waals surface area contributed by atoms with Crippen molar-refractivity contribution < 1.29 is 0 Å². The molecule has 6 heteroatoms. The molecule has 6 nitrogen and oxygen atoms in total. The van der Waals surface area contributed by atoms with Crippen molar-refractivity contribution in [3.05, 3.63) is 5.56 Å². The normalized spacial score (nSPS) is 27.8. The minimum Gasteiger partial charge on any atom is -0.383 e. The van der Waals surface area contributed by atoms with Gasteiger partial charge in [0.05, 0.1) is 0 Å². The van der Waals surface area contributed by atoms with Crippen LogP contribution in [0.15, 0.2) is 0 Å². The van der Waals surface area contributed by atoms with Crippen LogP contribution in [0.1, 0.15) is 26.3 Å². The van der Waals surface area contributed by atoms with Gasteiger partial charge in [0, 0.05) is 24.7 Å². The average Bonchev–Trinajstić information content (AvgIpc) is 2.83. The molecule has 2 fully saturated rings. The summed E-state index contributed by atoms with van der Waals surface area (Å²) in [6, 6.07) is 0.670. The lowest BCUT2D eigenvalue weighted by Crippen LogP contribution is -2.32. The first-order valence-corrected chi connectivity index (χ1v) is 7.64. The van der Waals surface area contributed by atoms with Crippen LogP contribution in [0.4, 0.5) is 17.6 Å². The van der Waals surface area contributed by atoms with Crippen LogP contribution in [0.25, 0.3) is 0 Å². The minimum atomic E-state index is 0.137. The summed E-state index contributed by atoms with van der Waals surface area (Å²) in [4.78, 5) is 11.0.